The number of benzene rings is 1. The van der Waals surface area contributed by atoms with Gasteiger partial charge in [-0.05, 0) is 6.07 Å². The van der Waals surface area contributed by atoms with Crippen molar-refractivity contribution < 1.29 is 14.3 Å². The summed E-state index contributed by atoms with van der Waals surface area (Å²) in [7, 11) is 1.37. The zero-order chi connectivity index (χ0) is 11.1. The zero-order valence-corrected chi connectivity index (χ0v) is 9.25. The average Bonchev–Trinajstić information content (AvgIpc) is 2.29. The molecule has 0 radical (unpaired) electrons. The highest BCUT2D eigenvalue weighted by atomic mass is 32.2. The van der Waals surface area contributed by atoms with Crippen molar-refractivity contribution in [2.24, 2.45) is 0 Å². The van der Waals surface area contributed by atoms with Crippen molar-refractivity contribution in [2.45, 2.75) is 11.3 Å². The van der Waals surface area contributed by atoms with Gasteiger partial charge >= 0.3 is 5.97 Å². The normalized spacial score (nSPS) is 9.67. The maximum absolute atomic E-state index is 10.9. The Kier molecular flexibility index (Phi) is 4.90. The molecule has 0 atom stereocenters. The zero-order valence-electron chi connectivity index (χ0n) is 8.43. The molecule has 80 valence electrons. The maximum Gasteiger partial charge on any atom is 0.306 e. The lowest BCUT2D eigenvalue weighted by molar-refractivity contribution is -0.140. The molecule has 0 bridgehead atoms. The molecule has 0 amide bonds. The molecule has 4 heteroatoms. The highest BCUT2D eigenvalue weighted by Crippen LogP contribution is 2.21. The third-order valence-electron chi connectivity index (χ3n) is 1.84. The molecule has 0 heterocycles. The van der Waals surface area contributed by atoms with Crippen LogP contribution in [0.3, 0.4) is 0 Å². The number of aldehydes is 1. The molecule has 0 saturated heterocycles. The topological polar surface area (TPSA) is 43.4 Å². The minimum absolute atomic E-state index is 0.230. The predicted octanol–water partition coefficient (Wildman–Crippen LogP) is 2.15. The summed E-state index contributed by atoms with van der Waals surface area (Å²) in [5.41, 5.74) is 0.660. The first-order chi connectivity index (χ1) is 7.27. The lowest BCUT2D eigenvalue weighted by atomic mass is 10.2. The second kappa shape index (κ2) is 6.24. The van der Waals surface area contributed by atoms with E-state index in [1.807, 2.05) is 18.2 Å². The van der Waals surface area contributed by atoms with Crippen LogP contribution in [0.4, 0.5) is 0 Å². The Hall–Kier alpha value is -1.29. The maximum atomic E-state index is 10.9. The first-order valence-electron chi connectivity index (χ1n) is 4.51. The fourth-order valence-electron chi connectivity index (χ4n) is 1.06. The van der Waals surface area contributed by atoms with E-state index >= 15 is 0 Å². The standard InChI is InChI=1S/C11H12O3S/c1-14-11(13)6-7-15-10-5-3-2-4-9(10)8-12/h2-5,8H,6-7H2,1H3. The van der Waals surface area contributed by atoms with Gasteiger partial charge in [0, 0.05) is 16.2 Å². The highest BCUT2D eigenvalue weighted by molar-refractivity contribution is 7.99. The number of hydrogen-bond acceptors (Lipinski definition) is 4. The van der Waals surface area contributed by atoms with Gasteiger partial charge in [0.1, 0.15) is 0 Å². The number of esters is 1. The molecule has 0 spiro atoms. The number of carbonyl (C=O) groups excluding carboxylic acids is 2. The summed E-state index contributed by atoms with van der Waals surface area (Å²) in [4.78, 5) is 22.4. The first-order valence-corrected chi connectivity index (χ1v) is 5.50. The minimum Gasteiger partial charge on any atom is -0.469 e. The quantitative estimate of drug-likeness (QED) is 0.436. The van der Waals surface area contributed by atoms with E-state index in [0.29, 0.717) is 17.7 Å². The summed E-state index contributed by atoms with van der Waals surface area (Å²) < 4.78 is 4.52. The van der Waals surface area contributed by atoms with Crippen LogP contribution in [-0.2, 0) is 9.53 Å². The Labute approximate surface area is 92.8 Å². The molecule has 0 fully saturated rings. The molecule has 1 aromatic carbocycles. The van der Waals surface area contributed by atoms with Gasteiger partial charge in [-0.25, -0.2) is 0 Å². The van der Waals surface area contributed by atoms with Crippen LogP contribution in [0.2, 0.25) is 0 Å². The van der Waals surface area contributed by atoms with Crippen LogP contribution < -0.4 is 0 Å². The lowest BCUT2D eigenvalue weighted by Crippen LogP contribution is -2.01. The van der Waals surface area contributed by atoms with Crippen LogP contribution in [0.25, 0.3) is 0 Å². The Balaban J connectivity index is 2.50. The van der Waals surface area contributed by atoms with Gasteiger partial charge < -0.3 is 4.74 Å². The Morgan fingerprint density at radius 2 is 2.20 bits per heavy atom. The van der Waals surface area contributed by atoms with Gasteiger partial charge in [-0.1, -0.05) is 18.2 Å². The van der Waals surface area contributed by atoms with Crippen LogP contribution in [0, 0.1) is 0 Å². The molecule has 0 saturated carbocycles. The summed E-state index contributed by atoms with van der Waals surface area (Å²) in [6.45, 7) is 0. The molecule has 0 aliphatic carbocycles. The van der Waals surface area contributed by atoms with E-state index in [1.165, 1.54) is 18.9 Å². The van der Waals surface area contributed by atoms with E-state index in [9.17, 15) is 9.59 Å². The summed E-state index contributed by atoms with van der Waals surface area (Å²) in [5, 5.41) is 0. The van der Waals surface area contributed by atoms with E-state index in [2.05, 4.69) is 4.74 Å². The van der Waals surface area contributed by atoms with Gasteiger partial charge in [0.15, 0.2) is 6.29 Å². The highest BCUT2D eigenvalue weighted by Gasteiger charge is 2.03. The number of methoxy groups -OCH3 is 1. The average molecular weight is 224 g/mol. The van der Waals surface area contributed by atoms with Crippen LogP contribution in [0.1, 0.15) is 16.8 Å². The molecular weight excluding hydrogens is 212 g/mol. The monoisotopic (exact) mass is 224 g/mol. The van der Waals surface area contributed by atoms with Crippen molar-refractivity contribution in [1.29, 1.82) is 0 Å². The second-order valence-corrected chi connectivity index (χ2v) is 3.97. The lowest BCUT2D eigenvalue weighted by Gasteiger charge is -2.03. The molecule has 0 aliphatic rings. The molecule has 0 unspecified atom stereocenters. The number of rotatable bonds is 5. The first kappa shape index (κ1) is 11.8. The van der Waals surface area contributed by atoms with Crippen molar-refractivity contribution >= 4 is 24.0 Å². The van der Waals surface area contributed by atoms with Crippen molar-refractivity contribution in [1.82, 2.24) is 0 Å². The third-order valence-corrected chi connectivity index (χ3v) is 2.93. The molecule has 1 aromatic rings. The van der Waals surface area contributed by atoms with Crippen molar-refractivity contribution in [3.63, 3.8) is 0 Å². The van der Waals surface area contributed by atoms with Gasteiger partial charge in [-0.15, -0.1) is 11.8 Å². The largest absolute Gasteiger partial charge is 0.469 e. The van der Waals surface area contributed by atoms with Crippen molar-refractivity contribution in [3.05, 3.63) is 29.8 Å². The van der Waals surface area contributed by atoms with Gasteiger partial charge in [-0.3, -0.25) is 9.59 Å². The van der Waals surface area contributed by atoms with Crippen molar-refractivity contribution in [3.8, 4) is 0 Å². The Bertz CT molecular complexity index is 349. The van der Waals surface area contributed by atoms with E-state index in [0.717, 1.165) is 11.2 Å². The van der Waals surface area contributed by atoms with Crippen LogP contribution >= 0.6 is 11.8 Å². The third kappa shape index (κ3) is 3.75. The van der Waals surface area contributed by atoms with Crippen LogP contribution in [-0.4, -0.2) is 25.1 Å². The smallest absolute Gasteiger partial charge is 0.306 e. The number of thioether (sulfide) groups is 1. The van der Waals surface area contributed by atoms with E-state index in [4.69, 9.17) is 0 Å². The predicted molar refractivity (Wildman–Crippen MR) is 59.2 cm³/mol. The molecule has 15 heavy (non-hydrogen) atoms. The molecular formula is C11H12O3S. The van der Waals surface area contributed by atoms with Gasteiger partial charge in [0.25, 0.3) is 0 Å². The second-order valence-electron chi connectivity index (χ2n) is 2.83. The van der Waals surface area contributed by atoms with E-state index < -0.39 is 0 Å². The number of ether oxygens (including phenoxy) is 1. The van der Waals surface area contributed by atoms with E-state index in [-0.39, 0.29) is 5.97 Å². The number of carbonyl (C=O) groups is 2. The minimum atomic E-state index is -0.230. The van der Waals surface area contributed by atoms with E-state index in [1.54, 1.807) is 6.07 Å². The summed E-state index contributed by atoms with van der Waals surface area (Å²) in [6, 6.07) is 7.31. The van der Waals surface area contributed by atoms with Crippen LogP contribution in [0.5, 0.6) is 0 Å². The Morgan fingerprint density at radius 1 is 1.47 bits per heavy atom. The fraction of sp³-hybridized carbons (Fsp3) is 0.273. The Morgan fingerprint density at radius 3 is 2.87 bits per heavy atom. The molecule has 3 nitrogen and oxygen atoms in total. The number of hydrogen-bond donors (Lipinski definition) is 0. The summed E-state index contributed by atoms with van der Waals surface area (Å²) in [5.74, 6) is 0.392. The van der Waals surface area contributed by atoms with Gasteiger partial charge in [0.2, 0.25) is 0 Å². The molecule has 0 aromatic heterocycles. The van der Waals surface area contributed by atoms with Gasteiger partial charge in [-0.2, -0.15) is 0 Å². The molecule has 1 rings (SSSR count). The summed E-state index contributed by atoms with van der Waals surface area (Å²) in [6.07, 6.45) is 1.18. The van der Waals surface area contributed by atoms with Crippen molar-refractivity contribution in [2.75, 3.05) is 12.9 Å². The molecule has 0 aliphatic heterocycles. The summed E-state index contributed by atoms with van der Waals surface area (Å²) >= 11 is 1.48. The molecule has 0 N–H and O–H groups in total. The van der Waals surface area contributed by atoms with Crippen LogP contribution in [0.15, 0.2) is 29.2 Å². The fourth-order valence-corrected chi connectivity index (χ4v) is 2.00. The van der Waals surface area contributed by atoms with Gasteiger partial charge in [0.05, 0.1) is 13.5 Å². The SMILES string of the molecule is COC(=O)CCSc1ccccc1C=O.